The molecule has 0 aliphatic heterocycles. The lowest BCUT2D eigenvalue weighted by Crippen LogP contribution is -2.46. The molecule has 0 rings (SSSR count). The molecule has 0 radical (unpaired) electrons. The first kappa shape index (κ1) is 54.2. The average Bonchev–Trinajstić information content (AvgIpc) is 3.17. The van der Waals surface area contributed by atoms with Crippen LogP contribution in [0.25, 0.3) is 0 Å². The molecule has 55 heavy (non-hydrogen) atoms. The number of amides is 1. The van der Waals surface area contributed by atoms with Crippen LogP contribution in [0.15, 0.2) is 12.2 Å². The molecule has 0 bridgehead atoms. The molecule has 0 aromatic carbocycles. The van der Waals surface area contributed by atoms with Crippen LogP contribution >= 0.6 is 7.82 Å². The molecule has 0 aliphatic carbocycles. The standard InChI is InChI=1S/C46H93N2O6P/c1-3-5-7-9-11-13-15-17-19-21-23-25-27-29-31-33-35-37-39-45(49)44(43-54-55(51,52)53-42-41-47)48-46(50)40-38-36-34-32-30-28-26-24-22-20-18-16-14-12-10-8-6-4-2/h20,22,44-45,49H,3-19,21,23-43,47H2,1-2H3,(H,48,50)(H,51,52)/b22-20-. The maximum Gasteiger partial charge on any atom is 0.472 e. The Morgan fingerprint density at radius 3 is 1.35 bits per heavy atom. The van der Waals surface area contributed by atoms with Gasteiger partial charge < -0.3 is 21.1 Å². The predicted molar refractivity (Wildman–Crippen MR) is 235 cm³/mol. The van der Waals surface area contributed by atoms with Gasteiger partial charge in [-0.15, -0.1) is 0 Å². The Balaban J connectivity index is 4.09. The van der Waals surface area contributed by atoms with Crippen LogP contribution in [0.2, 0.25) is 0 Å². The molecule has 0 aliphatic rings. The van der Waals surface area contributed by atoms with Crippen molar-refractivity contribution in [2.24, 2.45) is 5.73 Å². The molecule has 0 aromatic rings. The summed E-state index contributed by atoms with van der Waals surface area (Å²) < 4.78 is 22.2. The van der Waals surface area contributed by atoms with E-state index in [1.54, 1.807) is 0 Å². The molecule has 9 heteroatoms. The molecule has 0 spiro atoms. The summed E-state index contributed by atoms with van der Waals surface area (Å²) >= 11 is 0. The van der Waals surface area contributed by atoms with Gasteiger partial charge in [-0.3, -0.25) is 13.8 Å². The van der Waals surface area contributed by atoms with Gasteiger partial charge >= 0.3 is 7.82 Å². The van der Waals surface area contributed by atoms with Crippen LogP contribution in [0.3, 0.4) is 0 Å². The summed E-state index contributed by atoms with van der Waals surface area (Å²) in [4.78, 5) is 22.8. The Morgan fingerprint density at radius 2 is 0.945 bits per heavy atom. The maximum absolute atomic E-state index is 12.8. The van der Waals surface area contributed by atoms with Crippen molar-refractivity contribution in [1.82, 2.24) is 5.32 Å². The summed E-state index contributed by atoms with van der Waals surface area (Å²) in [6, 6.07) is -0.773. The lowest BCUT2D eigenvalue weighted by Gasteiger charge is -2.25. The van der Waals surface area contributed by atoms with Gasteiger partial charge in [-0.1, -0.05) is 212 Å². The summed E-state index contributed by atoms with van der Waals surface area (Å²) in [5.41, 5.74) is 5.39. The molecule has 328 valence electrons. The van der Waals surface area contributed by atoms with E-state index in [-0.39, 0.29) is 25.7 Å². The molecule has 5 N–H and O–H groups in total. The SMILES string of the molecule is CCCCCCCCC/C=C\CCCCCCCCCC(=O)NC(COP(=O)(O)OCCN)C(O)CCCCCCCCCCCCCCCCCCCC. The van der Waals surface area contributed by atoms with Crippen LogP contribution in [-0.2, 0) is 18.4 Å². The molecular formula is C46H93N2O6P. The highest BCUT2D eigenvalue weighted by Gasteiger charge is 2.27. The third kappa shape index (κ3) is 41.2. The van der Waals surface area contributed by atoms with Gasteiger partial charge in [0.25, 0.3) is 0 Å². The number of nitrogens with two attached hydrogens (primary N) is 1. The minimum absolute atomic E-state index is 0.0901. The molecule has 0 aromatic heterocycles. The van der Waals surface area contributed by atoms with E-state index in [9.17, 15) is 19.4 Å². The van der Waals surface area contributed by atoms with Crippen LogP contribution in [0.1, 0.15) is 245 Å². The molecule has 8 nitrogen and oxygen atoms in total. The van der Waals surface area contributed by atoms with Crippen molar-refractivity contribution in [3.8, 4) is 0 Å². The second-order valence-electron chi connectivity index (χ2n) is 16.3. The van der Waals surface area contributed by atoms with Gasteiger partial charge in [0, 0.05) is 13.0 Å². The van der Waals surface area contributed by atoms with Gasteiger partial charge in [-0.05, 0) is 38.5 Å². The monoisotopic (exact) mass is 801 g/mol. The van der Waals surface area contributed by atoms with E-state index in [0.717, 1.165) is 38.5 Å². The molecule has 0 saturated heterocycles. The van der Waals surface area contributed by atoms with Crippen molar-refractivity contribution in [1.29, 1.82) is 0 Å². The zero-order valence-corrected chi connectivity index (χ0v) is 37.3. The van der Waals surface area contributed by atoms with Gasteiger partial charge in [0.15, 0.2) is 0 Å². The zero-order valence-electron chi connectivity index (χ0n) is 36.4. The third-order valence-corrected chi connectivity index (χ3v) is 11.9. The number of hydrogen-bond acceptors (Lipinski definition) is 6. The number of rotatable bonds is 45. The predicted octanol–water partition coefficient (Wildman–Crippen LogP) is 13.6. The van der Waals surface area contributed by atoms with Crippen molar-refractivity contribution in [3.05, 3.63) is 12.2 Å². The number of allylic oxidation sites excluding steroid dienone is 2. The fourth-order valence-electron chi connectivity index (χ4n) is 7.25. The third-order valence-electron chi connectivity index (χ3n) is 10.9. The van der Waals surface area contributed by atoms with Crippen molar-refractivity contribution < 1.29 is 28.4 Å². The topological polar surface area (TPSA) is 131 Å². The van der Waals surface area contributed by atoms with E-state index in [1.807, 2.05) is 0 Å². The fourth-order valence-corrected chi connectivity index (χ4v) is 8.01. The van der Waals surface area contributed by atoms with Crippen LogP contribution in [0, 0.1) is 0 Å². The number of nitrogens with one attached hydrogen (secondary N) is 1. The first-order chi connectivity index (χ1) is 26.9. The summed E-state index contributed by atoms with van der Waals surface area (Å²) in [5.74, 6) is -0.163. The number of unbranched alkanes of at least 4 members (excludes halogenated alkanes) is 31. The Kier molecular flexibility index (Phi) is 42.2. The minimum Gasteiger partial charge on any atom is -0.391 e. The van der Waals surface area contributed by atoms with Crippen LogP contribution in [0.4, 0.5) is 0 Å². The number of carbonyl (C=O) groups is 1. The Hall–Kier alpha value is -0.760. The van der Waals surface area contributed by atoms with E-state index in [0.29, 0.717) is 12.8 Å². The summed E-state index contributed by atoms with van der Waals surface area (Å²) in [5, 5.41) is 13.8. The van der Waals surface area contributed by atoms with E-state index in [2.05, 4.69) is 31.3 Å². The second-order valence-corrected chi connectivity index (χ2v) is 17.8. The molecule has 0 saturated carbocycles. The largest absolute Gasteiger partial charge is 0.472 e. The number of hydrogen-bond donors (Lipinski definition) is 4. The molecule has 0 fully saturated rings. The number of phosphoric acid groups is 1. The molecule has 3 unspecified atom stereocenters. The van der Waals surface area contributed by atoms with E-state index in [1.165, 1.54) is 180 Å². The van der Waals surface area contributed by atoms with Crippen molar-refractivity contribution in [3.63, 3.8) is 0 Å². The number of aliphatic hydroxyl groups is 1. The van der Waals surface area contributed by atoms with Gasteiger partial charge in [0.05, 0.1) is 25.4 Å². The van der Waals surface area contributed by atoms with Gasteiger partial charge in [0.2, 0.25) is 5.91 Å². The highest BCUT2D eigenvalue weighted by Crippen LogP contribution is 2.43. The van der Waals surface area contributed by atoms with Gasteiger partial charge in [-0.2, -0.15) is 0 Å². The first-order valence-corrected chi connectivity index (χ1v) is 25.3. The highest BCUT2D eigenvalue weighted by atomic mass is 31.2. The normalized spacial score (nSPS) is 14.1. The lowest BCUT2D eigenvalue weighted by atomic mass is 10.0. The van der Waals surface area contributed by atoms with Crippen molar-refractivity contribution in [2.75, 3.05) is 19.8 Å². The molecular weight excluding hydrogens is 707 g/mol. The highest BCUT2D eigenvalue weighted by molar-refractivity contribution is 7.47. The number of carbonyl (C=O) groups excluding carboxylic acids is 1. The quantitative estimate of drug-likeness (QED) is 0.0274. The van der Waals surface area contributed by atoms with Crippen LogP contribution in [0.5, 0.6) is 0 Å². The van der Waals surface area contributed by atoms with Crippen molar-refractivity contribution >= 4 is 13.7 Å². The molecule has 3 atom stereocenters. The minimum atomic E-state index is -4.32. The number of phosphoric ester groups is 1. The van der Waals surface area contributed by atoms with Crippen LogP contribution in [-0.4, -0.2) is 47.8 Å². The summed E-state index contributed by atoms with van der Waals surface area (Å²) in [7, 11) is -4.32. The summed E-state index contributed by atoms with van der Waals surface area (Å²) in [6.07, 6.45) is 47.9. The Morgan fingerprint density at radius 1 is 0.582 bits per heavy atom. The Bertz CT molecular complexity index is 875. The van der Waals surface area contributed by atoms with Gasteiger partial charge in [0.1, 0.15) is 0 Å². The van der Waals surface area contributed by atoms with Crippen molar-refractivity contribution in [2.45, 2.75) is 257 Å². The molecule has 1 amide bonds. The van der Waals surface area contributed by atoms with E-state index < -0.39 is 20.0 Å². The van der Waals surface area contributed by atoms with Crippen LogP contribution < -0.4 is 11.1 Å². The summed E-state index contributed by atoms with van der Waals surface area (Å²) in [6.45, 7) is 4.23. The van der Waals surface area contributed by atoms with Gasteiger partial charge in [-0.25, -0.2) is 4.57 Å². The zero-order chi connectivity index (χ0) is 40.3. The Labute approximate surface area is 341 Å². The first-order valence-electron chi connectivity index (χ1n) is 23.8. The molecule has 0 heterocycles. The second kappa shape index (κ2) is 42.8. The van der Waals surface area contributed by atoms with E-state index >= 15 is 0 Å². The average molecular weight is 801 g/mol. The smallest absolute Gasteiger partial charge is 0.391 e. The maximum atomic E-state index is 12.8. The fraction of sp³-hybridized carbons (Fsp3) is 0.935. The number of aliphatic hydroxyl groups excluding tert-OH is 1. The van der Waals surface area contributed by atoms with E-state index in [4.69, 9.17) is 14.8 Å². The lowest BCUT2D eigenvalue weighted by molar-refractivity contribution is -0.123.